The first-order chi connectivity index (χ1) is 12.5. The van der Waals surface area contributed by atoms with Crippen LogP contribution in [0.5, 0.6) is 0 Å². The topological polar surface area (TPSA) is 83.4 Å². The van der Waals surface area contributed by atoms with E-state index in [0.29, 0.717) is 11.3 Å². The number of aromatic nitrogens is 1. The molecule has 0 saturated heterocycles. The van der Waals surface area contributed by atoms with Gasteiger partial charge in [-0.05, 0) is 47.7 Å². The van der Waals surface area contributed by atoms with Crippen LogP contribution in [-0.4, -0.2) is 28.0 Å². The monoisotopic (exact) mass is 351 g/mol. The molecule has 6 nitrogen and oxygen atoms in total. The first-order valence-corrected chi connectivity index (χ1v) is 8.33. The predicted octanol–water partition coefficient (Wildman–Crippen LogP) is 2.28. The van der Waals surface area contributed by atoms with E-state index >= 15 is 0 Å². The Hall–Kier alpha value is -3.12. The van der Waals surface area contributed by atoms with Crippen molar-refractivity contribution in [2.24, 2.45) is 7.05 Å². The Labute approximate surface area is 151 Å². The van der Waals surface area contributed by atoms with Crippen molar-refractivity contribution in [2.75, 3.05) is 11.9 Å². The van der Waals surface area contributed by atoms with E-state index in [1.807, 2.05) is 61.1 Å². The van der Waals surface area contributed by atoms with Gasteiger partial charge in [0.2, 0.25) is 0 Å². The molecule has 0 spiro atoms. The van der Waals surface area contributed by atoms with Crippen LogP contribution in [0.15, 0.2) is 54.7 Å². The van der Waals surface area contributed by atoms with E-state index in [-0.39, 0.29) is 6.54 Å². The zero-order valence-electron chi connectivity index (χ0n) is 14.7. The quantitative estimate of drug-likeness (QED) is 0.631. The number of amides is 2. The van der Waals surface area contributed by atoms with E-state index in [4.69, 9.17) is 0 Å². The number of hydrogen-bond donors (Lipinski definition) is 3. The molecule has 3 aromatic rings. The second kappa shape index (κ2) is 7.41. The van der Waals surface area contributed by atoms with Gasteiger partial charge in [0.1, 0.15) is 0 Å². The van der Waals surface area contributed by atoms with Gasteiger partial charge in [-0.3, -0.25) is 9.59 Å². The Morgan fingerprint density at radius 1 is 1.12 bits per heavy atom. The van der Waals surface area contributed by atoms with Gasteiger partial charge in [-0.15, -0.1) is 0 Å². The van der Waals surface area contributed by atoms with Crippen LogP contribution in [0.1, 0.15) is 17.2 Å². The molecule has 1 heterocycles. The molecular formula is C20H21N3O3. The minimum Gasteiger partial charge on any atom is -0.387 e. The van der Waals surface area contributed by atoms with Crippen LogP contribution in [0.2, 0.25) is 0 Å². The number of anilines is 1. The maximum Gasteiger partial charge on any atom is 0.313 e. The number of fused-ring (bicyclic) bond motifs is 1. The summed E-state index contributed by atoms with van der Waals surface area (Å²) in [4.78, 5) is 24.0. The Kier molecular flexibility index (Phi) is 5.04. The normalized spacial score (nSPS) is 12.0. The summed E-state index contributed by atoms with van der Waals surface area (Å²) in [7, 11) is 1.95. The summed E-state index contributed by atoms with van der Waals surface area (Å²) in [5.74, 6) is -1.54. The SMILES string of the molecule is Cc1ccccc1NC(=O)C(=O)NCC(O)c1ccc2c(ccn2C)c1. The van der Waals surface area contributed by atoms with Gasteiger partial charge in [0, 0.05) is 31.0 Å². The van der Waals surface area contributed by atoms with Crippen molar-refractivity contribution in [1.29, 1.82) is 0 Å². The Balaban J connectivity index is 1.59. The number of nitrogens with zero attached hydrogens (tertiary/aromatic N) is 1. The zero-order valence-corrected chi connectivity index (χ0v) is 14.7. The highest BCUT2D eigenvalue weighted by atomic mass is 16.3. The third-order valence-corrected chi connectivity index (χ3v) is 4.35. The van der Waals surface area contributed by atoms with Crippen LogP contribution in [0.4, 0.5) is 5.69 Å². The van der Waals surface area contributed by atoms with Crippen molar-refractivity contribution < 1.29 is 14.7 Å². The van der Waals surface area contributed by atoms with Crippen molar-refractivity contribution in [2.45, 2.75) is 13.0 Å². The molecule has 0 bridgehead atoms. The van der Waals surface area contributed by atoms with Crippen molar-refractivity contribution in [1.82, 2.24) is 9.88 Å². The average molecular weight is 351 g/mol. The van der Waals surface area contributed by atoms with Crippen molar-refractivity contribution in [3.05, 3.63) is 65.9 Å². The van der Waals surface area contributed by atoms with Gasteiger partial charge in [0.15, 0.2) is 0 Å². The second-order valence-electron chi connectivity index (χ2n) is 6.24. The van der Waals surface area contributed by atoms with E-state index in [9.17, 15) is 14.7 Å². The summed E-state index contributed by atoms with van der Waals surface area (Å²) < 4.78 is 1.99. The molecule has 1 unspecified atom stereocenters. The van der Waals surface area contributed by atoms with Crippen LogP contribution in [0.25, 0.3) is 10.9 Å². The zero-order chi connectivity index (χ0) is 18.7. The molecule has 1 aromatic heterocycles. The Morgan fingerprint density at radius 3 is 2.65 bits per heavy atom. The maximum atomic E-state index is 12.0. The summed E-state index contributed by atoms with van der Waals surface area (Å²) in [5.41, 5.74) is 3.19. The number of aliphatic hydroxyl groups is 1. The second-order valence-corrected chi connectivity index (χ2v) is 6.24. The third kappa shape index (κ3) is 3.75. The van der Waals surface area contributed by atoms with Crippen LogP contribution in [-0.2, 0) is 16.6 Å². The number of para-hydroxylation sites is 1. The fourth-order valence-corrected chi connectivity index (χ4v) is 2.79. The molecule has 0 aliphatic heterocycles. The van der Waals surface area contributed by atoms with E-state index in [1.54, 1.807) is 12.1 Å². The molecule has 26 heavy (non-hydrogen) atoms. The summed E-state index contributed by atoms with van der Waals surface area (Å²) in [5, 5.41) is 16.3. The van der Waals surface area contributed by atoms with Gasteiger partial charge >= 0.3 is 11.8 Å². The summed E-state index contributed by atoms with van der Waals surface area (Å²) >= 11 is 0. The number of carbonyl (C=O) groups is 2. The molecule has 0 radical (unpaired) electrons. The van der Waals surface area contributed by atoms with Gasteiger partial charge < -0.3 is 20.3 Å². The number of carbonyl (C=O) groups excluding carboxylic acids is 2. The number of nitrogens with one attached hydrogen (secondary N) is 2. The molecule has 1 atom stereocenters. The first-order valence-electron chi connectivity index (χ1n) is 8.33. The van der Waals surface area contributed by atoms with Crippen molar-refractivity contribution >= 4 is 28.4 Å². The molecule has 0 aliphatic carbocycles. The number of rotatable bonds is 4. The fourth-order valence-electron chi connectivity index (χ4n) is 2.79. The van der Waals surface area contributed by atoms with Gasteiger partial charge in [0.05, 0.1) is 6.10 Å². The number of aliphatic hydroxyl groups excluding tert-OH is 1. The van der Waals surface area contributed by atoms with Crippen molar-refractivity contribution in [3.63, 3.8) is 0 Å². The smallest absolute Gasteiger partial charge is 0.313 e. The van der Waals surface area contributed by atoms with E-state index in [1.165, 1.54) is 0 Å². The fraction of sp³-hybridized carbons (Fsp3) is 0.200. The lowest BCUT2D eigenvalue weighted by Gasteiger charge is -2.13. The van der Waals surface area contributed by atoms with E-state index < -0.39 is 17.9 Å². The summed E-state index contributed by atoms with van der Waals surface area (Å²) in [6.07, 6.45) is 1.05. The number of benzene rings is 2. The highest BCUT2D eigenvalue weighted by molar-refractivity contribution is 6.39. The minimum absolute atomic E-state index is 0.0433. The summed E-state index contributed by atoms with van der Waals surface area (Å²) in [6.45, 7) is 1.80. The molecule has 0 aliphatic rings. The number of aryl methyl sites for hydroxylation is 2. The Morgan fingerprint density at radius 2 is 1.88 bits per heavy atom. The first kappa shape index (κ1) is 17.7. The van der Waals surface area contributed by atoms with Crippen molar-refractivity contribution in [3.8, 4) is 0 Å². The molecule has 3 N–H and O–H groups in total. The Bertz CT molecular complexity index is 962. The predicted molar refractivity (Wildman–Crippen MR) is 101 cm³/mol. The van der Waals surface area contributed by atoms with Crippen LogP contribution in [0, 0.1) is 6.92 Å². The molecule has 6 heteroatoms. The summed E-state index contributed by atoms with van der Waals surface area (Å²) in [6, 6.07) is 14.8. The van der Waals surface area contributed by atoms with Crippen LogP contribution >= 0.6 is 0 Å². The molecule has 0 fully saturated rings. The highest BCUT2D eigenvalue weighted by Crippen LogP contribution is 2.20. The lowest BCUT2D eigenvalue weighted by Crippen LogP contribution is -2.37. The van der Waals surface area contributed by atoms with Gasteiger partial charge in [-0.25, -0.2) is 0 Å². The largest absolute Gasteiger partial charge is 0.387 e. The van der Waals surface area contributed by atoms with Gasteiger partial charge in [0.25, 0.3) is 0 Å². The maximum absolute atomic E-state index is 12.0. The third-order valence-electron chi connectivity index (χ3n) is 4.35. The molecular weight excluding hydrogens is 330 g/mol. The lowest BCUT2D eigenvalue weighted by atomic mass is 10.1. The minimum atomic E-state index is -0.894. The average Bonchev–Trinajstić information content (AvgIpc) is 3.01. The molecule has 3 rings (SSSR count). The standard InChI is InChI=1S/C20H21N3O3/c1-13-5-3-4-6-16(13)22-20(26)19(25)21-12-18(24)15-7-8-17-14(11-15)9-10-23(17)2/h3-11,18,24H,12H2,1-2H3,(H,21,25)(H,22,26). The molecule has 2 amide bonds. The molecule has 0 saturated carbocycles. The lowest BCUT2D eigenvalue weighted by molar-refractivity contribution is -0.136. The van der Waals surface area contributed by atoms with E-state index in [0.717, 1.165) is 16.5 Å². The van der Waals surface area contributed by atoms with Crippen LogP contribution in [0.3, 0.4) is 0 Å². The number of hydrogen-bond acceptors (Lipinski definition) is 3. The van der Waals surface area contributed by atoms with Gasteiger partial charge in [-0.2, -0.15) is 0 Å². The van der Waals surface area contributed by atoms with E-state index in [2.05, 4.69) is 10.6 Å². The van der Waals surface area contributed by atoms with Crippen LogP contribution < -0.4 is 10.6 Å². The molecule has 2 aromatic carbocycles. The highest BCUT2D eigenvalue weighted by Gasteiger charge is 2.17. The van der Waals surface area contributed by atoms with Gasteiger partial charge in [-0.1, -0.05) is 24.3 Å². The molecule has 134 valence electrons.